The van der Waals surface area contributed by atoms with E-state index in [1.165, 1.54) is 36.4 Å². The van der Waals surface area contributed by atoms with Gasteiger partial charge in [-0.25, -0.2) is 17.9 Å². The molecule has 0 radical (unpaired) electrons. The largest absolute Gasteiger partial charge is 0.489 e. The van der Waals surface area contributed by atoms with Crippen LogP contribution in [0.4, 0.5) is 22.0 Å². The first kappa shape index (κ1) is 27.2. The average Bonchev–Trinajstić information content (AvgIpc) is 3.53. The minimum atomic E-state index is -4.23. The van der Waals surface area contributed by atoms with Crippen LogP contribution in [0.2, 0.25) is 0 Å². The molecule has 0 amide bonds. The standard InChI is InChI=1S/C31H19F5N6O2/c32-24-8-11-26(28(34)14-24)30(43,18-42-19-39-40-41-42)31(35,36)29-12-6-21(16-38-29)2-1-20-4-9-25(10-5-20)44-17-22-3-7-23(15-37)27(33)13-22/h3-14,16,19,43H,17-18H2/t30-/m0/s1/i17D2. The number of aliphatic hydroxyl groups is 1. The summed E-state index contributed by atoms with van der Waals surface area (Å²) in [5.41, 5.74) is -4.84. The maximum atomic E-state index is 15.9. The summed E-state index contributed by atoms with van der Waals surface area (Å²) in [6.45, 7) is -3.41. The molecule has 0 bridgehead atoms. The fraction of sp³-hybridized carbons (Fsp3) is 0.129. The van der Waals surface area contributed by atoms with E-state index in [0.29, 0.717) is 17.7 Å². The van der Waals surface area contributed by atoms with Gasteiger partial charge in [0.15, 0.2) is 5.60 Å². The van der Waals surface area contributed by atoms with E-state index in [9.17, 15) is 18.3 Å². The molecule has 2 heterocycles. The predicted octanol–water partition coefficient (Wildman–Crippen LogP) is 5.02. The molecular weight excluding hydrogens is 583 g/mol. The van der Waals surface area contributed by atoms with Gasteiger partial charge in [0.1, 0.15) is 47.9 Å². The molecule has 220 valence electrons. The van der Waals surface area contributed by atoms with E-state index >= 15 is 8.78 Å². The van der Waals surface area contributed by atoms with Crippen molar-refractivity contribution in [3.8, 4) is 23.7 Å². The van der Waals surface area contributed by atoms with Crippen molar-refractivity contribution < 1.29 is 34.5 Å². The molecule has 0 unspecified atom stereocenters. The molecule has 0 aliphatic carbocycles. The van der Waals surface area contributed by atoms with Crippen molar-refractivity contribution in [3.63, 3.8) is 0 Å². The van der Waals surface area contributed by atoms with Gasteiger partial charge in [0.25, 0.3) is 0 Å². The highest BCUT2D eigenvalue weighted by molar-refractivity contribution is 5.44. The van der Waals surface area contributed by atoms with Gasteiger partial charge in [0.05, 0.1) is 14.8 Å². The van der Waals surface area contributed by atoms with Crippen LogP contribution in [0.25, 0.3) is 0 Å². The van der Waals surface area contributed by atoms with Crippen LogP contribution in [-0.4, -0.2) is 30.3 Å². The Bertz CT molecular complexity index is 1980. The molecule has 5 rings (SSSR count). The number of aromatic nitrogens is 5. The summed E-state index contributed by atoms with van der Waals surface area (Å²) in [6.07, 6.45) is 1.97. The van der Waals surface area contributed by atoms with Gasteiger partial charge in [-0.05, 0) is 76.7 Å². The molecule has 1 N–H and O–H groups in total. The summed E-state index contributed by atoms with van der Waals surface area (Å²) in [6, 6.07) is 14.7. The van der Waals surface area contributed by atoms with Crippen LogP contribution in [0.1, 0.15) is 36.3 Å². The quantitative estimate of drug-likeness (QED) is 0.196. The molecule has 0 fully saturated rings. The molecule has 44 heavy (non-hydrogen) atoms. The van der Waals surface area contributed by atoms with Gasteiger partial charge in [-0.1, -0.05) is 17.9 Å². The third-order valence-electron chi connectivity index (χ3n) is 6.35. The van der Waals surface area contributed by atoms with Crippen molar-refractivity contribution >= 4 is 0 Å². The van der Waals surface area contributed by atoms with Crippen molar-refractivity contribution in [1.82, 2.24) is 25.2 Å². The number of nitriles is 1. The molecule has 0 aliphatic rings. The van der Waals surface area contributed by atoms with Crippen LogP contribution in [0.3, 0.4) is 0 Å². The lowest BCUT2D eigenvalue weighted by atomic mass is 9.84. The monoisotopic (exact) mass is 604 g/mol. The van der Waals surface area contributed by atoms with Crippen molar-refractivity contribution in [1.29, 1.82) is 5.26 Å². The van der Waals surface area contributed by atoms with Crippen LogP contribution >= 0.6 is 0 Å². The number of nitrogens with zero attached hydrogens (tertiary/aromatic N) is 6. The summed E-state index contributed by atoms with van der Waals surface area (Å²) < 4.78 is 96.4. The summed E-state index contributed by atoms with van der Waals surface area (Å²) in [5.74, 6) is -1.92. The van der Waals surface area contributed by atoms with E-state index in [2.05, 4.69) is 32.4 Å². The molecule has 3 aromatic carbocycles. The first-order valence-corrected chi connectivity index (χ1v) is 12.6. The topological polar surface area (TPSA) is 110 Å². The minimum Gasteiger partial charge on any atom is -0.489 e. The Morgan fingerprint density at radius 2 is 1.68 bits per heavy atom. The number of ether oxygens (including phenoxy) is 1. The van der Waals surface area contributed by atoms with E-state index in [-0.39, 0.29) is 22.4 Å². The van der Waals surface area contributed by atoms with Crippen LogP contribution in [0.15, 0.2) is 85.3 Å². The number of halogens is 5. The minimum absolute atomic E-state index is 0.0975. The van der Waals surface area contributed by atoms with E-state index in [1.54, 1.807) is 6.07 Å². The van der Waals surface area contributed by atoms with E-state index < -0.39 is 53.3 Å². The maximum Gasteiger partial charge on any atom is 0.323 e. The summed E-state index contributed by atoms with van der Waals surface area (Å²) in [5, 5.41) is 30.3. The SMILES string of the molecule is [2H]C([2H])(Oc1ccc(C#Cc2ccc(C(F)(F)[C@](O)(Cn3cnnn3)c3ccc(F)cc3F)nc2)cc1)c1ccc(C#N)c(F)c1. The first-order chi connectivity index (χ1) is 21.8. The Hall–Kier alpha value is -5.66. The average molecular weight is 605 g/mol. The van der Waals surface area contributed by atoms with Gasteiger partial charge in [-0.3, -0.25) is 4.98 Å². The van der Waals surface area contributed by atoms with Crippen molar-refractivity contribution in [2.75, 3.05) is 0 Å². The van der Waals surface area contributed by atoms with E-state index in [1.807, 2.05) is 0 Å². The molecule has 2 aromatic heterocycles. The van der Waals surface area contributed by atoms with Crippen LogP contribution in [-0.2, 0) is 24.6 Å². The Labute approximate surface area is 249 Å². The van der Waals surface area contributed by atoms with Crippen molar-refractivity contribution in [2.45, 2.75) is 24.6 Å². The molecule has 0 aliphatic heterocycles. The first-order valence-electron chi connectivity index (χ1n) is 13.6. The molecule has 1 atom stereocenters. The highest BCUT2D eigenvalue weighted by atomic mass is 19.3. The van der Waals surface area contributed by atoms with E-state index in [0.717, 1.165) is 41.5 Å². The second-order valence-electron chi connectivity index (χ2n) is 9.28. The zero-order valence-corrected chi connectivity index (χ0v) is 22.2. The van der Waals surface area contributed by atoms with Crippen molar-refractivity contribution in [2.24, 2.45) is 0 Å². The maximum absolute atomic E-state index is 15.9. The number of pyridine rings is 1. The summed E-state index contributed by atoms with van der Waals surface area (Å²) in [4.78, 5) is 3.75. The second kappa shape index (κ2) is 12.3. The molecule has 0 spiro atoms. The lowest BCUT2D eigenvalue weighted by Gasteiger charge is -2.35. The van der Waals surface area contributed by atoms with Gasteiger partial charge in [0, 0.05) is 29.0 Å². The fourth-order valence-corrected chi connectivity index (χ4v) is 4.07. The van der Waals surface area contributed by atoms with Crippen LogP contribution < -0.4 is 4.74 Å². The molecule has 0 saturated heterocycles. The zero-order valence-electron chi connectivity index (χ0n) is 24.2. The van der Waals surface area contributed by atoms with Gasteiger partial charge in [0.2, 0.25) is 0 Å². The number of rotatable bonds is 8. The van der Waals surface area contributed by atoms with Gasteiger partial charge < -0.3 is 9.84 Å². The molecule has 8 nitrogen and oxygen atoms in total. The summed E-state index contributed by atoms with van der Waals surface area (Å²) in [7, 11) is 0. The number of hydrogen-bond donors (Lipinski definition) is 1. The molecule has 5 aromatic rings. The second-order valence-corrected chi connectivity index (χ2v) is 9.28. The smallest absolute Gasteiger partial charge is 0.323 e. The number of alkyl halides is 2. The zero-order chi connectivity index (χ0) is 33.1. The lowest BCUT2D eigenvalue weighted by molar-refractivity contribution is -0.207. The Morgan fingerprint density at radius 3 is 2.32 bits per heavy atom. The molecular formula is C31H19F5N6O2. The van der Waals surface area contributed by atoms with Crippen molar-refractivity contribution in [3.05, 3.63) is 136 Å². The Balaban J connectivity index is 1.34. The fourth-order valence-electron chi connectivity index (χ4n) is 4.07. The Kier molecular flexibility index (Phi) is 7.60. The third kappa shape index (κ3) is 6.23. The number of benzene rings is 3. The van der Waals surface area contributed by atoms with E-state index in [4.69, 9.17) is 12.7 Å². The Morgan fingerprint density at radius 1 is 0.932 bits per heavy atom. The summed E-state index contributed by atoms with van der Waals surface area (Å²) >= 11 is 0. The third-order valence-corrected chi connectivity index (χ3v) is 6.35. The normalized spacial score (nSPS) is 13.5. The highest BCUT2D eigenvalue weighted by Crippen LogP contribution is 2.46. The highest BCUT2D eigenvalue weighted by Gasteiger charge is 2.58. The van der Waals surface area contributed by atoms with Gasteiger partial charge in [-0.15, -0.1) is 5.10 Å². The van der Waals surface area contributed by atoms with Crippen LogP contribution in [0, 0.1) is 40.6 Å². The molecule has 13 heteroatoms. The number of tetrazole rings is 1. The van der Waals surface area contributed by atoms with Gasteiger partial charge in [-0.2, -0.15) is 14.0 Å². The predicted molar refractivity (Wildman–Crippen MR) is 144 cm³/mol. The lowest BCUT2D eigenvalue weighted by Crippen LogP contribution is -2.48. The van der Waals surface area contributed by atoms with Crippen LogP contribution in [0.5, 0.6) is 5.75 Å². The molecule has 0 saturated carbocycles. The van der Waals surface area contributed by atoms with Gasteiger partial charge >= 0.3 is 5.92 Å². The number of hydrogen-bond acceptors (Lipinski definition) is 7.